The Kier molecular flexibility index (Phi) is 10.0. The van der Waals surface area contributed by atoms with Gasteiger partial charge in [-0.3, -0.25) is 4.99 Å². The summed E-state index contributed by atoms with van der Waals surface area (Å²) >= 11 is 0. The Morgan fingerprint density at radius 1 is 1.12 bits per heavy atom. The lowest BCUT2D eigenvalue weighted by molar-refractivity contribution is 0.0509. The molecular formula is C27H38IN3O2. The number of benzene rings is 2. The molecule has 2 fully saturated rings. The fraction of sp³-hybridized carbons (Fsp3) is 0.519. The van der Waals surface area contributed by atoms with E-state index in [0.29, 0.717) is 12.5 Å². The van der Waals surface area contributed by atoms with Crippen molar-refractivity contribution in [3.05, 3.63) is 71.3 Å². The Labute approximate surface area is 216 Å². The van der Waals surface area contributed by atoms with Crippen molar-refractivity contribution in [2.24, 2.45) is 10.9 Å². The predicted octanol–water partition coefficient (Wildman–Crippen LogP) is 4.78. The molecule has 0 radical (unpaired) electrons. The van der Waals surface area contributed by atoms with Crippen molar-refractivity contribution < 1.29 is 9.47 Å². The molecule has 2 aliphatic heterocycles. The molecule has 2 aliphatic rings. The molecule has 1 N–H and O–H groups in total. The van der Waals surface area contributed by atoms with Crippen molar-refractivity contribution >= 4 is 29.9 Å². The summed E-state index contributed by atoms with van der Waals surface area (Å²) < 4.78 is 11.7. The molecule has 1 atom stereocenters. The molecule has 1 unspecified atom stereocenters. The molecule has 5 nitrogen and oxygen atoms in total. The van der Waals surface area contributed by atoms with E-state index in [0.717, 1.165) is 64.7 Å². The molecule has 2 aromatic carbocycles. The van der Waals surface area contributed by atoms with Gasteiger partial charge in [-0.25, -0.2) is 0 Å². The van der Waals surface area contributed by atoms with Crippen LogP contribution < -0.4 is 5.32 Å². The van der Waals surface area contributed by atoms with E-state index in [-0.39, 0.29) is 29.4 Å². The molecular weight excluding hydrogens is 525 g/mol. The molecule has 0 amide bonds. The smallest absolute Gasteiger partial charge is 0.193 e. The highest BCUT2D eigenvalue weighted by molar-refractivity contribution is 14.0. The van der Waals surface area contributed by atoms with Gasteiger partial charge in [-0.2, -0.15) is 0 Å². The number of aliphatic imine (C=N–C) groups is 1. The Morgan fingerprint density at radius 3 is 2.58 bits per heavy atom. The molecule has 0 bridgehead atoms. The first-order chi connectivity index (χ1) is 15.7. The quantitative estimate of drug-likeness (QED) is 0.300. The lowest BCUT2D eigenvalue weighted by Crippen LogP contribution is -2.49. The van der Waals surface area contributed by atoms with Crippen LogP contribution in [-0.4, -0.2) is 57.4 Å². The van der Waals surface area contributed by atoms with E-state index >= 15 is 0 Å². The van der Waals surface area contributed by atoms with Crippen LogP contribution in [0.15, 0.2) is 59.6 Å². The molecule has 0 saturated carbocycles. The second kappa shape index (κ2) is 12.7. The summed E-state index contributed by atoms with van der Waals surface area (Å²) in [5, 5.41) is 3.73. The van der Waals surface area contributed by atoms with Gasteiger partial charge in [0.15, 0.2) is 5.96 Å². The number of hydrogen-bond acceptors (Lipinski definition) is 3. The van der Waals surface area contributed by atoms with Crippen LogP contribution in [0.1, 0.15) is 36.0 Å². The van der Waals surface area contributed by atoms with E-state index < -0.39 is 0 Å². The van der Waals surface area contributed by atoms with E-state index in [4.69, 9.17) is 9.47 Å². The van der Waals surface area contributed by atoms with Crippen LogP contribution in [-0.2, 0) is 21.5 Å². The zero-order chi connectivity index (χ0) is 22.2. The zero-order valence-corrected chi connectivity index (χ0v) is 22.3. The van der Waals surface area contributed by atoms with Crippen LogP contribution in [0, 0.1) is 12.8 Å². The topological polar surface area (TPSA) is 46.1 Å². The van der Waals surface area contributed by atoms with Crippen molar-refractivity contribution in [2.75, 3.05) is 46.5 Å². The van der Waals surface area contributed by atoms with Crippen LogP contribution >= 0.6 is 24.0 Å². The highest BCUT2D eigenvalue weighted by Crippen LogP contribution is 2.36. The number of nitrogens with one attached hydrogen (secondary N) is 1. The van der Waals surface area contributed by atoms with Crippen LogP contribution in [0.2, 0.25) is 0 Å². The minimum absolute atomic E-state index is 0. The van der Waals surface area contributed by atoms with Gasteiger partial charge in [-0.15, -0.1) is 24.0 Å². The van der Waals surface area contributed by atoms with Crippen LogP contribution in [0.5, 0.6) is 0 Å². The van der Waals surface area contributed by atoms with E-state index in [1.165, 1.54) is 16.7 Å². The summed E-state index contributed by atoms with van der Waals surface area (Å²) in [6, 6.07) is 19.2. The summed E-state index contributed by atoms with van der Waals surface area (Å²) in [6.45, 7) is 8.26. The molecule has 2 aromatic rings. The molecule has 0 spiro atoms. The Hall–Kier alpha value is -1.64. The number of rotatable bonds is 7. The molecule has 4 rings (SSSR count). The predicted molar refractivity (Wildman–Crippen MR) is 145 cm³/mol. The van der Waals surface area contributed by atoms with Gasteiger partial charge >= 0.3 is 0 Å². The summed E-state index contributed by atoms with van der Waals surface area (Å²) in [6.07, 6.45) is 3.22. The number of nitrogens with zero attached hydrogens (tertiary/aromatic N) is 2. The van der Waals surface area contributed by atoms with Crippen molar-refractivity contribution in [3.63, 3.8) is 0 Å². The minimum Gasteiger partial charge on any atom is -0.381 e. The first kappa shape index (κ1) is 26.0. The molecule has 2 saturated heterocycles. The monoisotopic (exact) mass is 563 g/mol. The fourth-order valence-corrected chi connectivity index (χ4v) is 5.13. The maximum Gasteiger partial charge on any atom is 0.193 e. The van der Waals surface area contributed by atoms with Gasteiger partial charge in [0.2, 0.25) is 0 Å². The van der Waals surface area contributed by atoms with E-state index in [1.807, 2.05) is 13.1 Å². The van der Waals surface area contributed by atoms with E-state index in [1.54, 1.807) is 0 Å². The average Bonchev–Trinajstić information content (AvgIpc) is 3.30. The van der Waals surface area contributed by atoms with Gasteiger partial charge in [-0.05, 0) is 42.9 Å². The lowest BCUT2D eigenvalue weighted by Gasteiger charge is -2.39. The van der Waals surface area contributed by atoms with E-state index in [9.17, 15) is 0 Å². The highest BCUT2D eigenvalue weighted by atomic mass is 127. The fourth-order valence-electron chi connectivity index (χ4n) is 5.13. The zero-order valence-electron chi connectivity index (χ0n) is 20.0. The van der Waals surface area contributed by atoms with Crippen molar-refractivity contribution in [2.45, 2.75) is 38.2 Å². The maximum absolute atomic E-state index is 6.01. The number of ether oxygens (including phenoxy) is 2. The van der Waals surface area contributed by atoms with Crippen molar-refractivity contribution in [1.29, 1.82) is 0 Å². The molecule has 2 heterocycles. The second-order valence-electron chi connectivity index (χ2n) is 9.21. The first-order valence-electron chi connectivity index (χ1n) is 11.9. The standard InChI is InChI=1S/C27H37N3O2.HI/c1-22-8-6-7-11-25(22)27(13-16-31-17-14-27)21-29-26(28-2)30-15-12-24(18-30)20-32-19-23-9-4-3-5-10-23;/h3-11,24H,12-21H2,1-2H3,(H,28,29);1H. The third kappa shape index (κ3) is 6.70. The Bertz CT molecular complexity index is 884. The number of aryl methyl sites for hydroxylation is 1. The van der Waals surface area contributed by atoms with Gasteiger partial charge < -0.3 is 19.7 Å². The van der Waals surface area contributed by atoms with Crippen molar-refractivity contribution in [3.8, 4) is 0 Å². The molecule has 180 valence electrons. The number of likely N-dealkylation sites (tertiary alicyclic amines) is 1. The van der Waals surface area contributed by atoms with Gasteiger partial charge in [0, 0.05) is 51.2 Å². The third-order valence-electron chi connectivity index (χ3n) is 7.01. The van der Waals surface area contributed by atoms with E-state index in [2.05, 4.69) is 70.7 Å². The average molecular weight is 564 g/mol. The number of hydrogen-bond donors (Lipinski definition) is 1. The number of guanidine groups is 1. The van der Waals surface area contributed by atoms with Gasteiger partial charge in [-0.1, -0.05) is 54.6 Å². The summed E-state index contributed by atoms with van der Waals surface area (Å²) in [7, 11) is 1.89. The maximum atomic E-state index is 6.01. The molecule has 6 heteroatoms. The van der Waals surface area contributed by atoms with Crippen LogP contribution in [0.3, 0.4) is 0 Å². The largest absolute Gasteiger partial charge is 0.381 e. The molecule has 33 heavy (non-hydrogen) atoms. The Balaban J connectivity index is 0.00000306. The minimum atomic E-state index is 0. The summed E-state index contributed by atoms with van der Waals surface area (Å²) in [4.78, 5) is 7.01. The lowest BCUT2D eigenvalue weighted by atomic mass is 9.72. The SMILES string of the molecule is CN=C(NCC1(c2ccccc2C)CCOCC1)N1CCC(COCc2ccccc2)C1.I. The van der Waals surface area contributed by atoms with Crippen molar-refractivity contribution in [1.82, 2.24) is 10.2 Å². The highest BCUT2D eigenvalue weighted by Gasteiger charge is 2.36. The molecule has 0 aromatic heterocycles. The Morgan fingerprint density at radius 2 is 1.85 bits per heavy atom. The summed E-state index contributed by atoms with van der Waals surface area (Å²) in [5.74, 6) is 1.56. The third-order valence-corrected chi connectivity index (χ3v) is 7.01. The van der Waals surface area contributed by atoms with Crippen LogP contribution in [0.25, 0.3) is 0 Å². The van der Waals surface area contributed by atoms with Gasteiger partial charge in [0.25, 0.3) is 0 Å². The molecule has 0 aliphatic carbocycles. The first-order valence-corrected chi connectivity index (χ1v) is 11.9. The number of halogens is 1. The normalized spacial score (nSPS) is 20.4. The van der Waals surface area contributed by atoms with Gasteiger partial charge in [0.05, 0.1) is 13.2 Å². The summed E-state index contributed by atoms with van der Waals surface area (Å²) in [5.41, 5.74) is 4.14. The van der Waals surface area contributed by atoms with Crippen LogP contribution in [0.4, 0.5) is 0 Å². The van der Waals surface area contributed by atoms with Gasteiger partial charge in [0.1, 0.15) is 0 Å². The second-order valence-corrected chi connectivity index (χ2v) is 9.21.